The van der Waals surface area contributed by atoms with Gasteiger partial charge in [0.1, 0.15) is 0 Å². The third-order valence-electron chi connectivity index (χ3n) is 3.74. The highest BCUT2D eigenvalue weighted by Crippen LogP contribution is 2.21. The van der Waals surface area contributed by atoms with Gasteiger partial charge in [-0.05, 0) is 23.8 Å². The van der Waals surface area contributed by atoms with E-state index in [0.717, 1.165) is 0 Å². The van der Waals surface area contributed by atoms with Crippen molar-refractivity contribution >= 4 is 15.9 Å². The molecule has 0 spiro atoms. The Morgan fingerprint density at radius 2 is 1.88 bits per heavy atom. The van der Waals surface area contributed by atoms with Crippen molar-refractivity contribution in [3.8, 4) is 0 Å². The lowest BCUT2D eigenvalue weighted by atomic mass is 10.2. The van der Waals surface area contributed by atoms with Gasteiger partial charge in [-0.25, -0.2) is 8.42 Å². The zero-order chi connectivity index (χ0) is 17.0. The number of sulfonamides is 1. The number of hydrogen-bond acceptors (Lipinski definition) is 5. The molecule has 0 bridgehead atoms. The van der Waals surface area contributed by atoms with Crippen LogP contribution in [0.25, 0.3) is 0 Å². The van der Waals surface area contributed by atoms with Crippen LogP contribution in [-0.2, 0) is 21.3 Å². The van der Waals surface area contributed by atoms with Gasteiger partial charge in [0.25, 0.3) is 5.91 Å². The maximum atomic E-state index is 12.8. The minimum atomic E-state index is -3.62. The topological polar surface area (TPSA) is 88.9 Å². The predicted octanol–water partition coefficient (Wildman–Crippen LogP) is 1.23. The maximum Gasteiger partial charge on any atom is 0.287 e. The Morgan fingerprint density at radius 3 is 2.58 bits per heavy atom. The van der Waals surface area contributed by atoms with E-state index in [2.05, 4.69) is 5.32 Å². The number of carbonyl (C=O) groups excluding carboxylic acids is 1. The Hall–Kier alpha value is -2.16. The number of rotatable bonds is 5. The first kappa shape index (κ1) is 16.7. The molecule has 1 aromatic heterocycles. The van der Waals surface area contributed by atoms with Crippen molar-refractivity contribution < 1.29 is 22.4 Å². The summed E-state index contributed by atoms with van der Waals surface area (Å²) in [6, 6.07) is 9.82. The molecule has 2 heterocycles. The zero-order valence-electron chi connectivity index (χ0n) is 13.0. The third kappa shape index (κ3) is 3.50. The molecule has 7 nitrogen and oxygen atoms in total. The van der Waals surface area contributed by atoms with Crippen molar-refractivity contribution in [3.63, 3.8) is 0 Å². The summed E-state index contributed by atoms with van der Waals surface area (Å²) in [6.07, 6.45) is 1.41. The van der Waals surface area contributed by atoms with Gasteiger partial charge in [-0.2, -0.15) is 4.31 Å². The smallest absolute Gasteiger partial charge is 0.287 e. The molecule has 128 valence electrons. The number of benzene rings is 1. The molecule has 0 radical (unpaired) electrons. The van der Waals surface area contributed by atoms with Gasteiger partial charge in [0.2, 0.25) is 10.0 Å². The zero-order valence-corrected chi connectivity index (χ0v) is 13.8. The van der Waals surface area contributed by atoms with E-state index in [1.54, 1.807) is 36.4 Å². The fourth-order valence-electron chi connectivity index (χ4n) is 2.50. The highest BCUT2D eigenvalue weighted by Gasteiger charge is 2.28. The van der Waals surface area contributed by atoms with Gasteiger partial charge in [-0.3, -0.25) is 4.79 Å². The molecule has 0 atom stereocenters. The van der Waals surface area contributed by atoms with Crippen LogP contribution in [0.1, 0.15) is 16.1 Å². The molecular weight excluding hydrogens is 332 g/mol. The Morgan fingerprint density at radius 1 is 1.12 bits per heavy atom. The fraction of sp³-hybridized carbons (Fsp3) is 0.312. The lowest BCUT2D eigenvalue weighted by Gasteiger charge is -2.27. The average Bonchev–Trinajstić information content (AvgIpc) is 3.15. The molecule has 2 aromatic rings. The lowest BCUT2D eigenvalue weighted by molar-refractivity contribution is 0.0730. The number of morpholine rings is 1. The number of ether oxygens (including phenoxy) is 1. The number of nitrogens with one attached hydrogen (secondary N) is 1. The summed E-state index contributed by atoms with van der Waals surface area (Å²) in [5.74, 6) is -0.206. The molecule has 0 unspecified atom stereocenters. The first-order valence-corrected chi connectivity index (χ1v) is 9.00. The monoisotopic (exact) mass is 350 g/mol. The van der Waals surface area contributed by atoms with Gasteiger partial charge in [-0.1, -0.05) is 18.2 Å². The molecule has 0 saturated carbocycles. The van der Waals surface area contributed by atoms with Crippen LogP contribution in [0.3, 0.4) is 0 Å². The van der Waals surface area contributed by atoms with Gasteiger partial charge >= 0.3 is 0 Å². The summed E-state index contributed by atoms with van der Waals surface area (Å²) in [5, 5.41) is 2.68. The molecule has 0 aliphatic carbocycles. The van der Waals surface area contributed by atoms with Crippen LogP contribution < -0.4 is 5.32 Å². The van der Waals surface area contributed by atoms with Gasteiger partial charge in [0, 0.05) is 19.6 Å². The number of furan rings is 1. The second-order valence-electron chi connectivity index (χ2n) is 5.28. The average molecular weight is 350 g/mol. The van der Waals surface area contributed by atoms with E-state index >= 15 is 0 Å². The second-order valence-corrected chi connectivity index (χ2v) is 7.19. The number of carbonyl (C=O) groups is 1. The van der Waals surface area contributed by atoms with Crippen LogP contribution in [0, 0.1) is 0 Å². The Kier molecular flexibility index (Phi) is 4.98. The third-order valence-corrected chi connectivity index (χ3v) is 5.74. The van der Waals surface area contributed by atoms with Crippen LogP contribution in [0.5, 0.6) is 0 Å². The van der Waals surface area contributed by atoms with Crippen molar-refractivity contribution in [3.05, 3.63) is 54.0 Å². The largest absolute Gasteiger partial charge is 0.459 e. The van der Waals surface area contributed by atoms with Crippen LogP contribution in [0.4, 0.5) is 0 Å². The summed E-state index contributed by atoms with van der Waals surface area (Å²) < 4.78 is 37.3. The molecule has 24 heavy (non-hydrogen) atoms. The van der Waals surface area contributed by atoms with E-state index in [0.29, 0.717) is 31.9 Å². The van der Waals surface area contributed by atoms with Gasteiger partial charge < -0.3 is 14.5 Å². The Balaban J connectivity index is 1.78. The number of nitrogens with zero attached hydrogens (tertiary/aromatic N) is 1. The quantitative estimate of drug-likeness (QED) is 0.876. The molecule has 1 aliphatic rings. The Labute approximate surface area is 140 Å². The van der Waals surface area contributed by atoms with Crippen molar-refractivity contribution in [1.82, 2.24) is 9.62 Å². The van der Waals surface area contributed by atoms with E-state index in [4.69, 9.17) is 9.15 Å². The molecule has 1 aliphatic heterocycles. The lowest BCUT2D eigenvalue weighted by Crippen LogP contribution is -2.41. The summed E-state index contributed by atoms with van der Waals surface area (Å²) in [5.41, 5.74) is 0.531. The van der Waals surface area contributed by atoms with Crippen molar-refractivity contribution in [1.29, 1.82) is 0 Å². The van der Waals surface area contributed by atoms with Crippen molar-refractivity contribution in [2.24, 2.45) is 0 Å². The second kappa shape index (κ2) is 7.16. The normalized spacial score (nSPS) is 16.0. The molecule has 3 rings (SSSR count). The SMILES string of the molecule is O=C(NCc1ccccc1S(=O)(=O)N1CCOCC1)c1ccco1. The van der Waals surface area contributed by atoms with Gasteiger partial charge in [0.15, 0.2) is 5.76 Å². The molecule has 1 saturated heterocycles. The van der Waals surface area contributed by atoms with Crippen molar-refractivity contribution in [2.45, 2.75) is 11.4 Å². The van der Waals surface area contributed by atoms with Crippen molar-refractivity contribution in [2.75, 3.05) is 26.3 Å². The van der Waals surface area contributed by atoms with E-state index in [9.17, 15) is 13.2 Å². The minimum absolute atomic E-state index is 0.0965. The summed E-state index contributed by atoms with van der Waals surface area (Å²) in [7, 11) is -3.62. The van der Waals surface area contributed by atoms with Crippen LogP contribution in [0.2, 0.25) is 0 Å². The van der Waals surface area contributed by atoms with Crippen LogP contribution in [0.15, 0.2) is 52.0 Å². The molecular formula is C16H18N2O5S. The molecule has 1 aromatic carbocycles. The number of hydrogen-bond donors (Lipinski definition) is 1. The molecule has 1 N–H and O–H groups in total. The van der Waals surface area contributed by atoms with Gasteiger partial charge in [0.05, 0.1) is 24.4 Å². The fourth-order valence-corrected chi connectivity index (χ4v) is 4.13. The molecule has 1 fully saturated rings. The standard InChI is InChI=1S/C16H18N2O5S/c19-16(14-5-3-9-23-14)17-12-13-4-1-2-6-15(13)24(20,21)18-7-10-22-11-8-18/h1-6,9H,7-8,10-12H2,(H,17,19). The first-order valence-electron chi connectivity index (χ1n) is 7.56. The minimum Gasteiger partial charge on any atom is -0.459 e. The Bertz CT molecular complexity index is 796. The van der Waals surface area contributed by atoms with Gasteiger partial charge in [-0.15, -0.1) is 0 Å². The summed E-state index contributed by atoms with van der Waals surface area (Å²) in [4.78, 5) is 12.2. The highest BCUT2D eigenvalue weighted by atomic mass is 32.2. The first-order chi connectivity index (χ1) is 11.6. The van der Waals surface area contributed by atoms with E-state index in [-0.39, 0.29) is 17.2 Å². The molecule has 1 amide bonds. The van der Waals surface area contributed by atoms with Crippen LogP contribution >= 0.6 is 0 Å². The van der Waals surface area contributed by atoms with E-state index in [1.165, 1.54) is 10.6 Å². The summed E-state index contributed by atoms with van der Waals surface area (Å²) in [6.45, 7) is 1.53. The van der Waals surface area contributed by atoms with Crippen LogP contribution in [-0.4, -0.2) is 44.9 Å². The maximum absolute atomic E-state index is 12.8. The summed E-state index contributed by atoms with van der Waals surface area (Å²) >= 11 is 0. The predicted molar refractivity (Wildman–Crippen MR) is 85.9 cm³/mol. The molecule has 8 heteroatoms. The highest BCUT2D eigenvalue weighted by molar-refractivity contribution is 7.89. The van der Waals surface area contributed by atoms with E-state index < -0.39 is 15.9 Å². The van der Waals surface area contributed by atoms with E-state index in [1.807, 2.05) is 0 Å². The number of amides is 1.